The molecule has 1 aliphatic carbocycles. The first-order chi connectivity index (χ1) is 15.4. The summed E-state index contributed by atoms with van der Waals surface area (Å²) >= 11 is 0. The van der Waals surface area contributed by atoms with Crippen molar-refractivity contribution >= 4 is 5.91 Å². The molecule has 1 saturated carbocycles. The van der Waals surface area contributed by atoms with E-state index in [0.717, 1.165) is 55.8 Å². The maximum atomic E-state index is 12.7. The van der Waals surface area contributed by atoms with Gasteiger partial charge in [-0.15, -0.1) is 0 Å². The molecule has 1 aliphatic heterocycles. The predicted octanol–water partition coefficient (Wildman–Crippen LogP) is 5.25. The Morgan fingerprint density at radius 1 is 1.09 bits per heavy atom. The highest BCUT2D eigenvalue weighted by molar-refractivity contribution is 5.76. The summed E-state index contributed by atoms with van der Waals surface area (Å²) in [5, 5.41) is 11.2. The molecule has 1 amide bonds. The number of nitrogens with zero attached hydrogens (tertiary/aromatic N) is 1. The van der Waals surface area contributed by atoms with Crippen LogP contribution in [0.5, 0.6) is 0 Å². The molecule has 1 aromatic carbocycles. The molecule has 2 atom stereocenters. The van der Waals surface area contributed by atoms with Crippen molar-refractivity contribution in [2.45, 2.75) is 83.6 Å². The van der Waals surface area contributed by atoms with Gasteiger partial charge in [0.15, 0.2) is 5.76 Å². The van der Waals surface area contributed by atoms with E-state index in [1.807, 2.05) is 0 Å². The van der Waals surface area contributed by atoms with Crippen LogP contribution in [0.1, 0.15) is 77.0 Å². The highest BCUT2D eigenvalue weighted by Gasteiger charge is 2.29. The van der Waals surface area contributed by atoms with E-state index < -0.39 is 0 Å². The molecule has 2 N–H and O–H groups in total. The molecular formula is C27H39N3O2. The molecule has 5 nitrogen and oxygen atoms in total. The normalized spacial score (nSPS) is 22.6. The van der Waals surface area contributed by atoms with E-state index in [-0.39, 0.29) is 11.3 Å². The molecule has 2 fully saturated rings. The number of hydrogen-bond acceptors (Lipinski definition) is 4. The Bertz CT molecular complexity index is 875. The summed E-state index contributed by atoms with van der Waals surface area (Å²) in [6, 6.07) is 11.0. The lowest BCUT2D eigenvalue weighted by molar-refractivity contribution is -0.123. The number of piperidine rings is 1. The average molecular weight is 438 g/mol. The zero-order chi connectivity index (χ0) is 22.6. The molecule has 2 heterocycles. The third-order valence-electron chi connectivity index (χ3n) is 7.25. The first kappa shape index (κ1) is 23.0. The number of hydrogen-bond donors (Lipinski definition) is 2. The third kappa shape index (κ3) is 6.00. The van der Waals surface area contributed by atoms with Crippen molar-refractivity contribution in [3.05, 3.63) is 41.6 Å². The molecule has 0 spiro atoms. The summed E-state index contributed by atoms with van der Waals surface area (Å²) < 4.78 is 5.68. The second-order valence-electron chi connectivity index (χ2n) is 10.8. The number of benzene rings is 1. The van der Waals surface area contributed by atoms with E-state index in [9.17, 15) is 4.79 Å². The second kappa shape index (κ2) is 10.2. The van der Waals surface area contributed by atoms with Gasteiger partial charge in [0.05, 0.1) is 5.69 Å². The minimum atomic E-state index is 0.136. The van der Waals surface area contributed by atoms with Crippen molar-refractivity contribution in [1.29, 1.82) is 0 Å². The molecule has 5 heteroatoms. The number of amides is 1. The van der Waals surface area contributed by atoms with Gasteiger partial charge in [0.25, 0.3) is 0 Å². The molecule has 4 rings (SSSR count). The Morgan fingerprint density at radius 2 is 1.84 bits per heavy atom. The first-order valence-corrected chi connectivity index (χ1v) is 12.4. The number of carbonyl (C=O) groups excluding carboxylic acids is 1. The van der Waals surface area contributed by atoms with Crippen LogP contribution < -0.4 is 10.6 Å². The number of carbonyl (C=O) groups is 1. The highest BCUT2D eigenvalue weighted by Crippen LogP contribution is 2.30. The van der Waals surface area contributed by atoms with Crippen LogP contribution in [0.2, 0.25) is 0 Å². The lowest BCUT2D eigenvalue weighted by atomic mass is 9.81. The van der Waals surface area contributed by atoms with Crippen molar-refractivity contribution in [3.63, 3.8) is 0 Å². The molecule has 1 aromatic heterocycles. The molecule has 0 radical (unpaired) electrons. The molecule has 174 valence electrons. The van der Waals surface area contributed by atoms with E-state index in [2.05, 4.69) is 66.9 Å². The summed E-state index contributed by atoms with van der Waals surface area (Å²) in [5.74, 6) is 1.84. The molecular weight excluding hydrogens is 398 g/mol. The van der Waals surface area contributed by atoms with Crippen LogP contribution in [-0.4, -0.2) is 30.2 Å². The predicted molar refractivity (Wildman–Crippen MR) is 128 cm³/mol. The van der Waals surface area contributed by atoms with Crippen molar-refractivity contribution in [2.75, 3.05) is 13.1 Å². The first-order valence-electron chi connectivity index (χ1n) is 12.4. The zero-order valence-electron chi connectivity index (χ0n) is 20.0. The van der Waals surface area contributed by atoms with Crippen LogP contribution in [0.25, 0.3) is 11.3 Å². The molecule has 1 saturated heterocycles. The highest BCUT2D eigenvalue weighted by atomic mass is 16.5. The molecule has 0 bridgehead atoms. The third-order valence-corrected chi connectivity index (χ3v) is 7.25. The van der Waals surface area contributed by atoms with Crippen LogP contribution in [0.4, 0.5) is 0 Å². The Balaban J connectivity index is 1.36. The summed E-state index contributed by atoms with van der Waals surface area (Å²) in [5.41, 5.74) is 3.48. The summed E-state index contributed by atoms with van der Waals surface area (Å²) in [6.07, 6.45) is 8.59. The quantitative estimate of drug-likeness (QED) is 0.648. The largest absolute Gasteiger partial charge is 0.356 e. The van der Waals surface area contributed by atoms with Crippen molar-refractivity contribution in [1.82, 2.24) is 15.8 Å². The molecule has 2 aliphatic rings. The van der Waals surface area contributed by atoms with E-state index >= 15 is 0 Å². The van der Waals surface area contributed by atoms with Gasteiger partial charge in [-0.3, -0.25) is 4.79 Å². The van der Waals surface area contributed by atoms with Gasteiger partial charge in [0, 0.05) is 24.1 Å². The summed E-state index contributed by atoms with van der Waals surface area (Å²) in [4.78, 5) is 12.7. The fourth-order valence-electron chi connectivity index (χ4n) is 5.20. The monoisotopic (exact) mass is 437 g/mol. The van der Waals surface area contributed by atoms with E-state index in [1.165, 1.54) is 24.8 Å². The molecule has 2 aromatic rings. The van der Waals surface area contributed by atoms with Gasteiger partial charge in [-0.1, -0.05) is 69.5 Å². The minimum Gasteiger partial charge on any atom is -0.356 e. The van der Waals surface area contributed by atoms with Gasteiger partial charge in [-0.25, -0.2) is 0 Å². The lowest BCUT2D eigenvalue weighted by Gasteiger charge is -2.32. The number of aromatic nitrogens is 1. The van der Waals surface area contributed by atoms with E-state index in [4.69, 9.17) is 4.52 Å². The SMILES string of the molecule is CC(C)(C)c1ccc(-c2cc(CC3CNCCC3CC(=O)NC3CCCCC3)no2)cc1. The van der Waals surface area contributed by atoms with Crippen LogP contribution in [-0.2, 0) is 16.6 Å². The Morgan fingerprint density at radius 3 is 2.56 bits per heavy atom. The van der Waals surface area contributed by atoms with Crippen LogP contribution in [0.15, 0.2) is 34.9 Å². The van der Waals surface area contributed by atoms with Gasteiger partial charge in [0.2, 0.25) is 5.91 Å². The van der Waals surface area contributed by atoms with E-state index in [0.29, 0.717) is 24.3 Å². The van der Waals surface area contributed by atoms with Gasteiger partial charge >= 0.3 is 0 Å². The Labute approximate surface area is 192 Å². The molecule has 2 unspecified atom stereocenters. The van der Waals surface area contributed by atoms with Gasteiger partial charge in [-0.2, -0.15) is 0 Å². The maximum absolute atomic E-state index is 12.7. The average Bonchev–Trinajstić information content (AvgIpc) is 3.24. The van der Waals surface area contributed by atoms with Gasteiger partial charge in [0.1, 0.15) is 0 Å². The van der Waals surface area contributed by atoms with Gasteiger partial charge < -0.3 is 15.2 Å². The standard InChI is InChI=1S/C27H39N3O2/c1-27(2,3)22-11-9-19(10-12-22)25-17-24(30-32-25)15-21-18-28-14-13-20(21)16-26(31)29-23-7-5-4-6-8-23/h9-12,17,20-21,23,28H,4-8,13-16,18H2,1-3H3,(H,29,31). The summed E-state index contributed by atoms with van der Waals surface area (Å²) in [7, 11) is 0. The fraction of sp³-hybridized carbons (Fsp3) is 0.630. The van der Waals surface area contributed by atoms with Crippen LogP contribution in [0, 0.1) is 11.8 Å². The topological polar surface area (TPSA) is 67.2 Å². The maximum Gasteiger partial charge on any atom is 0.220 e. The van der Waals surface area contributed by atoms with Gasteiger partial charge in [-0.05, 0) is 61.6 Å². The Kier molecular flexibility index (Phi) is 7.34. The fourth-order valence-corrected chi connectivity index (χ4v) is 5.20. The molecule has 32 heavy (non-hydrogen) atoms. The van der Waals surface area contributed by atoms with Crippen LogP contribution >= 0.6 is 0 Å². The van der Waals surface area contributed by atoms with E-state index in [1.54, 1.807) is 0 Å². The van der Waals surface area contributed by atoms with Crippen molar-refractivity contribution in [2.24, 2.45) is 11.8 Å². The zero-order valence-corrected chi connectivity index (χ0v) is 20.0. The number of nitrogens with one attached hydrogen (secondary N) is 2. The van der Waals surface area contributed by atoms with Crippen molar-refractivity contribution < 1.29 is 9.32 Å². The number of rotatable bonds is 6. The Hall–Kier alpha value is -2.14. The summed E-state index contributed by atoms with van der Waals surface area (Å²) in [6.45, 7) is 8.59. The van der Waals surface area contributed by atoms with Crippen LogP contribution in [0.3, 0.4) is 0 Å². The minimum absolute atomic E-state index is 0.136. The van der Waals surface area contributed by atoms with Crippen molar-refractivity contribution in [3.8, 4) is 11.3 Å². The lowest BCUT2D eigenvalue weighted by Crippen LogP contribution is -2.42. The second-order valence-corrected chi connectivity index (χ2v) is 10.8. The smallest absolute Gasteiger partial charge is 0.220 e.